The van der Waals surface area contributed by atoms with Gasteiger partial charge in [0, 0.05) is 32.5 Å². The van der Waals surface area contributed by atoms with Crippen molar-refractivity contribution in [2.75, 3.05) is 18.6 Å². The number of ether oxygens (including phenoxy) is 1. The van der Waals surface area contributed by atoms with Crippen LogP contribution in [-0.2, 0) is 36.8 Å². The van der Waals surface area contributed by atoms with E-state index < -0.39 is 23.6 Å². The number of carbonyl (C=O) groups is 5. The number of aryl methyl sites for hydroxylation is 1. The Balaban J connectivity index is 1.40. The molecule has 3 aromatic carbocycles. The smallest absolute Gasteiger partial charge is 0.352 e. The van der Waals surface area contributed by atoms with E-state index in [1.807, 2.05) is 54.6 Å². The number of carbonyl (C=O) groups excluding carboxylic acids is 4. The van der Waals surface area contributed by atoms with E-state index in [0.717, 1.165) is 24.0 Å². The largest absolute Gasteiger partial charge is 0.497 e. The van der Waals surface area contributed by atoms with Gasteiger partial charge in [-0.3, -0.25) is 24.1 Å². The molecule has 2 fully saturated rings. The molecular formula is C40H46N4O7. The summed E-state index contributed by atoms with van der Waals surface area (Å²) in [6, 6.07) is 23.5. The maximum atomic E-state index is 14.3. The molecule has 0 spiro atoms. The Kier molecular flexibility index (Phi) is 11.9. The average molecular weight is 695 g/mol. The third-order valence-electron chi connectivity index (χ3n) is 9.94. The van der Waals surface area contributed by atoms with Gasteiger partial charge in [0.1, 0.15) is 23.7 Å². The van der Waals surface area contributed by atoms with Crippen molar-refractivity contribution in [2.45, 2.75) is 77.4 Å². The molecule has 0 bridgehead atoms. The summed E-state index contributed by atoms with van der Waals surface area (Å²) in [7, 11) is 1.59. The number of carboxylic acids is 1. The Hall–Kier alpha value is -5.45. The van der Waals surface area contributed by atoms with E-state index in [0.29, 0.717) is 62.1 Å². The minimum atomic E-state index is -1.28. The molecule has 0 radical (unpaired) electrons. The standard InChI is InChI=1S/C40H46N4O7/c1-27(45)41-24-23-40(21-7-8-22-40)39(50)42-34(38(48)49)25-30-11-16-32(17-12-30)44-36(20-15-29-9-5-4-6-10-29)43(28(2)46)35(37(44)47)26-31-13-18-33(51-3)19-14-31/h4-6,9-14,16-19,25,35-36H,7-8,15,20-24,26H2,1-3H3,(H,41,45)(H,42,50)(H,48,49)/b34-25-. The molecule has 2 atom stereocenters. The Labute approximate surface area is 298 Å². The first-order chi connectivity index (χ1) is 24.5. The third-order valence-corrected chi connectivity index (χ3v) is 9.94. The molecule has 1 saturated carbocycles. The summed E-state index contributed by atoms with van der Waals surface area (Å²) in [5, 5.41) is 15.4. The first kappa shape index (κ1) is 36.8. The summed E-state index contributed by atoms with van der Waals surface area (Å²) >= 11 is 0. The second-order valence-corrected chi connectivity index (χ2v) is 13.3. The Bertz CT molecular complexity index is 1750. The summed E-state index contributed by atoms with van der Waals surface area (Å²) < 4.78 is 5.29. The minimum absolute atomic E-state index is 0.182. The van der Waals surface area contributed by atoms with Gasteiger partial charge in [-0.1, -0.05) is 67.4 Å². The molecule has 1 aliphatic heterocycles. The number of hydrogen-bond donors (Lipinski definition) is 3. The van der Waals surface area contributed by atoms with Crippen LogP contribution in [0.15, 0.2) is 84.6 Å². The molecule has 0 aromatic heterocycles. The summed E-state index contributed by atoms with van der Waals surface area (Å²) in [5.41, 5.74) is 2.05. The highest BCUT2D eigenvalue weighted by molar-refractivity contribution is 6.03. The maximum absolute atomic E-state index is 14.3. The molecule has 1 saturated heterocycles. The molecule has 1 heterocycles. The van der Waals surface area contributed by atoms with E-state index in [-0.39, 0.29) is 29.3 Å². The molecule has 5 rings (SSSR count). The topological polar surface area (TPSA) is 145 Å². The third kappa shape index (κ3) is 8.83. The number of hydrogen-bond acceptors (Lipinski definition) is 6. The quantitative estimate of drug-likeness (QED) is 0.200. The van der Waals surface area contributed by atoms with Crippen molar-refractivity contribution in [1.82, 2.24) is 15.5 Å². The van der Waals surface area contributed by atoms with Gasteiger partial charge >= 0.3 is 5.97 Å². The van der Waals surface area contributed by atoms with E-state index in [2.05, 4.69) is 10.6 Å². The lowest BCUT2D eigenvalue weighted by Crippen LogP contribution is -2.44. The number of nitrogens with zero attached hydrogens (tertiary/aromatic N) is 2. The highest BCUT2D eigenvalue weighted by atomic mass is 16.5. The second kappa shape index (κ2) is 16.5. The van der Waals surface area contributed by atoms with E-state index in [9.17, 15) is 29.1 Å². The second-order valence-electron chi connectivity index (χ2n) is 13.3. The van der Waals surface area contributed by atoms with E-state index >= 15 is 0 Å². The molecule has 2 aliphatic rings. The molecule has 268 valence electrons. The van der Waals surface area contributed by atoms with Crippen LogP contribution in [0.2, 0.25) is 0 Å². The van der Waals surface area contributed by atoms with Crippen LogP contribution in [0.4, 0.5) is 5.69 Å². The van der Waals surface area contributed by atoms with Crippen LogP contribution in [0.5, 0.6) is 5.75 Å². The van der Waals surface area contributed by atoms with Crippen molar-refractivity contribution < 1.29 is 33.8 Å². The number of nitrogens with one attached hydrogen (secondary N) is 2. The maximum Gasteiger partial charge on any atom is 0.352 e. The summed E-state index contributed by atoms with van der Waals surface area (Å²) in [6.07, 6.45) is 5.69. The molecule has 11 heteroatoms. The van der Waals surface area contributed by atoms with Crippen LogP contribution in [0, 0.1) is 5.41 Å². The van der Waals surface area contributed by atoms with Crippen molar-refractivity contribution in [1.29, 1.82) is 0 Å². The monoisotopic (exact) mass is 694 g/mol. The van der Waals surface area contributed by atoms with Gasteiger partial charge in [-0.15, -0.1) is 0 Å². The fourth-order valence-electron chi connectivity index (χ4n) is 7.29. The minimum Gasteiger partial charge on any atom is -0.497 e. The summed E-state index contributed by atoms with van der Waals surface area (Å²) in [6.45, 7) is 3.24. The van der Waals surface area contributed by atoms with Crippen LogP contribution >= 0.6 is 0 Å². The van der Waals surface area contributed by atoms with Crippen LogP contribution in [0.3, 0.4) is 0 Å². The first-order valence-electron chi connectivity index (χ1n) is 17.4. The van der Waals surface area contributed by atoms with Crippen LogP contribution in [0.1, 0.15) is 69.1 Å². The number of anilines is 1. The van der Waals surface area contributed by atoms with Gasteiger partial charge in [0.15, 0.2) is 0 Å². The Morgan fingerprint density at radius 2 is 1.59 bits per heavy atom. The number of benzene rings is 3. The predicted molar refractivity (Wildman–Crippen MR) is 193 cm³/mol. The highest BCUT2D eigenvalue weighted by Crippen LogP contribution is 2.41. The Morgan fingerprint density at radius 1 is 0.922 bits per heavy atom. The molecule has 11 nitrogen and oxygen atoms in total. The normalized spacial score (nSPS) is 18.4. The van der Waals surface area contributed by atoms with Crippen molar-refractivity contribution in [2.24, 2.45) is 5.41 Å². The van der Waals surface area contributed by atoms with Gasteiger partial charge in [-0.25, -0.2) is 4.79 Å². The summed E-state index contributed by atoms with van der Waals surface area (Å²) in [5.74, 6) is -1.55. The van der Waals surface area contributed by atoms with Gasteiger partial charge in [0.05, 0.1) is 12.5 Å². The van der Waals surface area contributed by atoms with E-state index in [1.165, 1.54) is 19.9 Å². The highest BCUT2D eigenvalue weighted by Gasteiger charge is 2.47. The fraction of sp³-hybridized carbons (Fsp3) is 0.375. The molecular weight excluding hydrogens is 648 g/mol. The lowest BCUT2D eigenvalue weighted by atomic mass is 9.81. The van der Waals surface area contributed by atoms with Crippen LogP contribution in [-0.4, -0.2) is 65.5 Å². The molecule has 3 N–H and O–H groups in total. The number of carboxylic acid groups (broad SMARTS) is 1. The molecule has 1 aliphatic carbocycles. The van der Waals surface area contributed by atoms with Gasteiger partial charge < -0.3 is 25.4 Å². The molecule has 4 amide bonds. The lowest BCUT2D eigenvalue weighted by Gasteiger charge is -2.31. The van der Waals surface area contributed by atoms with Crippen molar-refractivity contribution >= 4 is 41.4 Å². The van der Waals surface area contributed by atoms with Crippen molar-refractivity contribution in [3.05, 3.63) is 101 Å². The average Bonchev–Trinajstić information content (AvgIpc) is 3.71. The first-order valence-corrected chi connectivity index (χ1v) is 17.4. The van der Waals surface area contributed by atoms with Crippen LogP contribution < -0.4 is 20.3 Å². The van der Waals surface area contributed by atoms with Crippen LogP contribution in [0.25, 0.3) is 6.08 Å². The summed E-state index contributed by atoms with van der Waals surface area (Å²) in [4.78, 5) is 68.0. The molecule has 2 unspecified atom stereocenters. The Morgan fingerprint density at radius 3 is 2.18 bits per heavy atom. The van der Waals surface area contributed by atoms with Gasteiger partial charge in [-0.2, -0.15) is 0 Å². The number of rotatable bonds is 14. The van der Waals surface area contributed by atoms with E-state index in [1.54, 1.807) is 41.2 Å². The number of methoxy groups -OCH3 is 1. The lowest BCUT2D eigenvalue weighted by molar-refractivity contribution is -0.137. The van der Waals surface area contributed by atoms with Crippen molar-refractivity contribution in [3.8, 4) is 5.75 Å². The van der Waals surface area contributed by atoms with Gasteiger partial charge in [0.2, 0.25) is 17.7 Å². The van der Waals surface area contributed by atoms with E-state index in [4.69, 9.17) is 4.74 Å². The predicted octanol–water partition coefficient (Wildman–Crippen LogP) is 5.09. The van der Waals surface area contributed by atoms with Gasteiger partial charge in [-0.05, 0) is 79.1 Å². The zero-order chi connectivity index (χ0) is 36.5. The number of aliphatic carboxylic acids is 1. The van der Waals surface area contributed by atoms with Gasteiger partial charge in [0.25, 0.3) is 5.91 Å². The zero-order valence-corrected chi connectivity index (χ0v) is 29.4. The van der Waals surface area contributed by atoms with Crippen molar-refractivity contribution in [3.63, 3.8) is 0 Å². The zero-order valence-electron chi connectivity index (χ0n) is 29.4. The molecule has 51 heavy (non-hydrogen) atoms. The number of amides is 4. The fourth-order valence-corrected chi connectivity index (χ4v) is 7.29. The SMILES string of the molecule is COc1ccc(CC2C(=O)N(c3ccc(/C=C(\NC(=O)C4(CCNC(C)=O)CCCC4)C(=O)O)cc3)C(CCc3ccccc3)N2C(C)=O)cc1. The molecule has 3 aromatic rings.